The van der Waals surface area contributed by atoms with Gasteiger partial charge in [0.05, 0.1) is 12.2 Å². The standard InChI is InChI=1S/C16H22F3N5O2/c17-16(18,19)14-22-11(12-3-1-2-6-24(12)14)9-21-15(26)23-7-4-10(5-8-23)13(20)25/h10H,1-9H2,(H2,20,25)(H,21,26). The molecule has 0 spiro atoms. The van der Waals surface area contributed by atoms with Crippen molar-refractivity contribution in [2.45, 2.75) is 51.4 Å². The molecule has 0 bridgehead atoms. The second-order valence-corrected chi connectivity index (χ2v) is 6.76. The smallest absolute Gasteiger partial charge is 0.369 e. The first-order chi connectivity index (χ1) is 12.3. The lowest BCUT2D eigenvalue weighted by molar-refractivity contribution is -0.147. The molecule has 3 heterocycles. The molecule has 3 rings (SSSR count). The van der Waals surface area contributed by atoms with Crippen molar-refractivity contribution in [1.29, 1.82) is 0 Å². The molecular weight excluding hydrogens is 351 g/mol. The van der Waals surface area contributed by atoms with Crippen LogP contribution in [0.1, 0.15) is 42.9 Å². The molecule has 2 aliphatic rings. The molecule has 0 aromatic carbocycles. The van der Waals surface area contributed by atoms with Crippen molar-refractivity contribution in [3.63, 3.8) is 0 Å². The van der Waals surface area contributed by atoms with Gasteiger partial charge in [-0.15, -0.1) is 0 Å². The van der Waals surface area contributed by atoms with Crippen LogP contribution in [0.15, 0.2) is 0 Å². The highest BCUT2D eigenvalue weighted by molar-refractivity contribution is 5.78. The molecule has 1 fully saturated rings. The van der Waals surface area contributed by atoms with E-state index in [-0.39, 0.29) is 30.1 Å². The van der Waals surface area contributed by atoms with Gasteiger partial charge in [-0.1, -0.05) is 0 Å². The highest BCUT2D eigenvalue weighted by Crippen LogP contribution is 2.32. The van der Waals surface area contributed by atoms with Gasteiger partial charge >= 0.3 is 12.2 Å². The quantitative estimate of drug-likeness (QED) is 0.844. The highest BCUT2D eigenvalue weighted by atomic mass is 19.4. The van der Waals surface area contributed by atoms with Gasteiger partial charge in [-0.2, -0.15) is 13.2 Å². The van der Waals surface area contributed by atoms with E-state index < -0.39 is 12.0 Å². The number of halogens is 3. The molecular formula is C16H22F3N5O2. The van der Waals surface area contributed by atoms with E-state index in [9.17, 15) is 22.8 Å². The number of urea groups is 1. The van der Waals surface area contributed by atoms with Crippen LogP contribution in [0.2, 0.25) is 0 Å². The first-order valence-electron chi connectivity index (χ1n) is 8.75. The number of imidazole rings is 1. The van der Waals surface area contributed by atoms with Crippen molar-refractivity contribution in [2.75, 3.05) is 13.1 Å². The van der Waals surface area contributed by atoms with Gasteiger partial charge in [0.2, 0.25) is 11.7 Å². The molecule has 1 aromatic rings. The number of nitrogens with two attached hydrogens (primary N) is 1. The van der Waals surface area contributed by atoms with Gasteiger partial charge in [0.25, 0.3) is 0 Å². The Balaban J connectivity index is 1.64. The summed E-state index contributed by atoms with van der Waals surface area (Å²) in [5.74, 6) is -1.48. The number of likely N-dealkylation sites (tertiary alicyclic amines) is 1. The molecule has 1 aromatic heterocycles. The lowest BCUT2D eigenvalue weighted by Crippen LogP contribution is -2.46. The van der Waals surface area contributed by atoms with Crippen LogP contribution in [0, 0.1) is 5.92 Å². The number of primary amides is 1. The normalized spacial score (nSPS) is 18.5. The van der Waals surface area contributed by atoms with Crippen LogP contribution in [-0.2, 0) is 30.5 Å². The lowest BCUT2D eigenvalue weighted by Gasteiger charge is -2.30. The first kappa shape index (κ1) is 18.5. The molecule has 0 aliphatic carbocycles. The SMILES string of the molecule is NC(=O)C1CCN(C(=O)NCc2nc(C(F)(F)F)n3c2CCCC3)CC1. The summed E-state index contributed by atoms with van der Waals surface area (Å²) in [5, 5.41) is 2.66. The fraction of sp³-hybridized carbons (Fsp3) is 0.688. The summed E-state index contributed by atoms with van der Waals surface area (Å²) in [4.78, 5) is 28.7. The van der Waals surface area contributed by atoms with E-state index in [1.54, 1.807) is 4.90 Å². The number of nitrogens with one attached hydrogen (secondary N) is 1. The summed E-state index contributed by atoms with van der Waals surface area (Å²) in [6.07, 6.45) is -1.48. The molecule has 10 heteroatoms. The molecule has 2 aliphatic heterocycles. The van der Waals surface area contributed by atoms with Crippen LogP contribution < -0.4 is 11.1 Å². The average molecular weight is 373 g/mol. The van der Waals surface area contributed by atoms with E-state index in [0.29, 0.717) is 51.0 Å². The number of nitrogens with zero attached hydrogens (tertiary/aromatic N) is 3. The number of aromatic nitrogens is 2. The Kier molecular flexibility index (Phi) is 5.10. The zero-order chi connectivity index (χ0) is 18.9. The van der Waals surface area contributed by atoms with Gasteiger partial charge in [0.1, 0.15) is 0 Å². The number of hydrogen-bond donors (Lipinski definition) is 2. The Morgan fingerprint density at radius 3 is 2.50 bits per heavy atom. The predicted molar refractivity (Wildman–Crippen MR) is 85.9 cm³/mol. The number of fused-ring (bicyclic) bond motifs is 1. The predicted octanol–water partition coefficient (Wildman–Crippen LogP) is 1.65. The fourth-order valence-electron chi connectivity index (χ4n) is 3.62. The number of hydrogen-bond acceptors (Lipinski definition) is 3. The van der Waals surface area contributed by atoms with Crippen LogP contribution in [0.25, 0.3) is 0 Å². The van der Waals surface area contributed by atoms with E-state index in [1.807, 2.05) is 0 Å². The zero-order valence-corrected chi connectivity index (χ0v) is 14.3. The Morgan fingerprint density at radius 1 is 1.19 bits per heavy atom. The molecule has 7 nitrogen and oxygen atoms in total. The minimum atomic E-state index is -4.51. The Labute approximate surface area is 148 Å². The second-order valence-electron chi connectivity index (χ2n) is 6.76. The van der Waals surface area contributed by atoms with Crippen LogP contribution in [0.5, 0.6) is 0 Å². The summed E-state index contributed by atoms with van der Waals surface area (Å²) in [6.45, 7) is 1.05. The van der Waals surface area contributed by atoms with E-state index in [4.69, 9.17) is 5.73 Å². The number of alkyl halides is 3. The molecule has 26 heavy (non-hydrogen) atoms. The van der Waals surface area contributed by atoms with Crippen molar-refractivity contribution in [3.8, 4) is 0 Å². The maximum absolute atomic E-state index is 13.2. The van der Waals surface area contributed by atoms with E-state index in [1.165, 1.54) is 4.57 Å². The molecule has 3 N–H and O–H groups in total. The van der Waals surface area contributed by atoms with Gasteiger partial charge in [-0.05, 0) is 32.1 Å². The summed E-state index contributed by atoms with van der Waals surface area (Å²) in [6, 6.07) is -0.362. The van der Waals surface area contributed by atoms with Crippen molar-refractivity contribution >= 4 is 11.9 Å². The minimum absolute atomic E-state index is 0.0417. The largest absolute Gasteiger partial charge is 0.449 e. The Hall–Kier alpha value is -2.26. The van der Waals surface area contributed by atoms with Gasteiger partial charge in [0, 0.05) is 31.2 Å². The molecule has 0 atom stereocenters. The third kappa shape index (κ3) is 3.78. The number of carbonyl (C=O) groups excluding carboxylic acids is 2. The third-order valence-corrected chi connectivity index (χ3v) is 5.05. The molecule has 144 valence electrons. The van der Waals surface area contributed by atoms with Crippen molar-refractivity contribution in [3.05, 3.63) is 17.2 Å². The van der Waals surface area contributed by atoms with Crippen molar-refractivity contribution < 1.29 is 22.8 Å². The molecule has 1 saturated heterocycles. The fourth-order valence-corrected chi connectivity index (χ4v) is 3.62. The van der Waals surface area contributed by atoms with Crippen LogP contribution >= 0.6 is 0 Å². The number of rotatable bonds is 3. The van der Waals surface area contributed by atoms with Gasteiger partial charge < -0.3 is 20.5 Å². The second kappa shape index (κ2) is 7.16. The van der Waals surface area contributed by atoms with Crippen molar-refractivity contribution in [1.82, 2.24) is 19.8 Å². The summed E-state index contributed by atoms with van der Waals surface area (Å²) in [7, 11) is 0. The molecule has 3 amide bonds. The van der Waals surface area contributed by atoms with Crippen LogP contribution in [0.4, 0.5) is 18.0 Å². The van der Waals surface area contributed by atoms with E-state index in [0.717, 1.165) is 6.42 Å². The first-order valence-corrected chi connectivity index (χ1v) is 8.75. The monoisotopic (exact) mass is 373 g/mol. The van der Waals surface area contributed by atoms with Gasteiger partial charge in [0.15, 0.2) is 0 Å². The van der Waals surface area contributed by atoms with Crippen LogP contribution in [-0.4, -0.2) is 39.5 Å². The topological polar surface area (TPSA) is 93.2 Å². The molecule has 0 unspecified atom stereocenters. The Bertz CT molecular complexity index is 693. The Morgan fingerprint density at radius 2 is 1.88 bits per heavy atom. The minimum Gasteiger partial charge on any atom is -0.369 e. The zero-order valence-electron chi connectivity index (χ0n) is 14.3. The van der Waals surface area contributed by atoms with Gasteiger partial charge in [-0.3, -0.25) is 4.79 Å². The van der Waals surface area contributed by atoms with Crippen molar-refractivity contribution in [2.24, 2.45) is 11.7 Å². The number of carbonyl (C=O) groups is 2. The molecule has 0 radical (unpaired) electrons. The summed E-state index contributed by atoms with van der Waals surface area (Å²) >= 11 is 0. The summed E-state index contributed by atoms with van der Waals surface area (Å²) in [5.41, 5.74) is 6.09. The lowest BCUT2D eigenvalue weighted by atomic mass is 9.96. The summed E-state index contributed by atoms with van der Waals surface area (Å²) < 4.78 is 40.7. The average Bonchev–Trinajstić information content (AvgIpc) is 2.99. The highest BCUT2D eigenvalue weighted by Gasteiger charge is 2.39. The molecule has 0 saturated carbocycles. The van der Waals surface area contributed by atoms with E-state index in [2.05, 4.69) is 10.3 Å². The third-order valence-electron chi connectivity index (χ3n) is 5.05. The number of piperidine rings is 1. The maximum Gasteiger partial charge on any atom is 0.449 e. The van der Waals surface area contributed by atoms with Gasteiger partial charge in [-0.25, -0.2) is 9.78 Å². The number of amides is 3. The van der Waals surface area contributed by atoms with Crippen LogP contribution in [0.3, 0.4) is 0 Å². The maximum atomic E-state index is 13.2. The van der Waals surface area contributed by atoms with E-state index >= 15 is 0 Å².